The van der Waals surface area contributed by atoms with Gasteiger partial charge in [-0.25, -0.2) is 0 Å². The molecule has 0 amide bonds. The number of rotatable bonds is 9. The van der Waals surface area contributed by atoms with Crippen molar-refractivity contribution in [3.8, 4) is 5.75 Å². The van der Waals surface area contributed by atoms with Gasteiger partial charge in [-0.15, -0.1) is 0 Å². The highest BCUT2D eigenvalue weighted by atomic mass is 19.4. The first-order valence-electron chi connectivity index (χ1n) is 11.3. The number of hydrogen-bond donors (Lipinski definition) is 0. The van der Waals surface area contributed by atoms with Gasteiger partial charge < -0.3 is 14.5 Å². The van der Waals surface area contributed by atoms with Crippen molar-refractivity contribution in [2.75, 3.05) is 29.4 Å². The number of benzene rings is 2. The summed E-state index contributed by atoms with van der Waals surface area (Å²) in [5.74, 6) is -0.492. The number of hydrogen-bond acceptors (Lipinski definition) is 3. The fraction of sp³-hybridized carbons (Fsp3) is 0.520. The Bertz CT molecular complexity index is 968. The zero-order chi connectivity index (χ0) is 25.9. The van der Waals surface area contributed by atoms with E-state index in [1.165, 1.54) is 17.0 Å². The second-order valence-corrected chi connectivity index (χ2v) is 9.57. The fourth-order valence-electron chi connectivity index (χ4n) is 3.95. The molecule has 194 valence electrons. The lowest BCUT2D eigenvalue weighted by atomic mass is 9.82. The Labute approximate surface area is 200 Å². The van der Waals surface area contributed by atoms with Crippen LogP contribution in [0.25, 0.3) is 0 Å². The molecule has 3 nitrogen and oxygen atoms in total. The van der Waals surface area contributed by atoms with Crippen LogP contribution < -0.4 is 14.5 Å². The minimum Gasteiger partial charge on any atom is -0.428 e. The van der Waals surface area contributed by atoms with Crippen molar-refractivity contribution in [2.45, 2.75) is 58.4 Å². The van der Waals surface area contributed by atoms with E-state index < -0.39 is 30.9 Å². The van der Waals surface area contributed by atoms with Gasteiger partial charge >= 0.3 is 18.7 Å². The second-order valence-electron chi connectivity index (χ2n) is 9.57. The monoisotopic (exact) mass is 506 g/mol. The van der Waals surface area contributed by atoms with Crippen molar-refractivity contribution in [3.63, 3.8) is 0 Å². The van der Waals surface area contributed by atoms with E-state index in [0.29, 0.717) is 11.3 Å². The van der Waals surface area contributed by atoms with E-state index in [1.54, 1.807) is 12.1 Å². The number of alkyl halides is 7. The van der Waals surface area contributed by atoms with Crippen molar-refractivity contribution in [3.05, 3.63) is 54.1 Å². The van der Waals surface area contributed by atoms with Crippen LogP contribution >= 0.6 is 0 Å². The smallest absolute Gasteiger partial charge is 0.428 e. The van der Waals surface area contributed by atoms with Crippen molar-refractivity contribution >= 4 is 11.4 Å². The fourth-order valence-corrected chi connectivity index (χ4v) is 3.95. The molecule has 10 heteroatoms. The van der Waals surface area contributed by atoms with Gasteiger partial charge in [0.05, 0.1) is 6.42 Å². The van der Waals surface area contributed by atoms with Crippen LogP contribution in [0, 0.1) is 5.41 Å². The third kappa shape index (κ3) is 7.93. The van der Waals surface area contributed by atoms with Crippen LogP contribution in [0.2, 0.25) is 0 Å². The minimum absolute atomic E-state index is 0.0516. The maximum absolute atomic E-state index is 13.3. The molecule has 0 spiro atoms. The molecule has 0 aliphatic carbocycles. The molecular formula is C25H29F7N2O. The van der Waals surface area contributed by atoms with Gasteiger partial charge in [0.2, 0.25) is 0 Å². The van der Waals surface area contributed by atoms with E-state index >= 15 is 0 Å². The third-order valence-corrected chi connectivity index (χ3v) is 6.12. The molecule has 0 atom stereocenters. The van der Waals surface area contributed by atoms with E-state index in [0.717, 1.165) is 43.8 Å². The van der Waals surface area contributed by atoms with Crippen molar-refractivity contribution in [1.82, 2.24) is 0 Å². The van der Waals surface area contributed by atoms with E-state index in [9.17, 15) is 30.7 Å². The predicted molar refractivity (Wildman–Crippen MR) is 121 cm³/mol. The maximum Gasteiger partial charge on any atom is 0.461 e. The largest absolute Gasteiger partial charge is 0.461 e. The molecule has 0 aromatic heterocycles. The average Bonchev–Trinajstić information content (AvgIpc) is 2.76. The summed E-state index contributed by atoms with van der Waals surface area (Å²) in [4.78, 5) is 3.69. The normalized spacial score (nSPS) is 16.5. The Morgan fingerprint density at radius 1 is 0.971 bits per heavy atom. The lowest BCUT2D eigenvalue weighted by molar-refractivity contribution is -0.253. The van der Waals surface area contributed by atoms with Gasteiger partial charge in [-0.3, -0.25) is 0 Å². The molecule has 0 saturated carbocycles. The zero-order valence-corrected chi connectivity index (χ0v) is 19.6. The summed E-state index contributed by atoms with van der Waals surface area (Å²) < 4.78 is 94.8. The van der Waals surface area contributed by atoms with Crippen LogP contribution in [0.15, 0.2) is 48.5 Å². The number of anilines is 2. The van der Waals surface area contributed by atoms with Crippen LogP contribution in [0.4, 0.5) is 42.1 Å². The van der Waals surface area contributed by atoms with Crippen molar-refractivity contribution in [2.24, 2.45) is 5.41 Å². The number of piperidine rings is 1. The average molecular weight is 507 g/mol. The standard InChI is InChI=1S/C25H29F7N2O/c1-23(2)9-12-33(13-10-23)19-6-4-7-20(16-19)34(14-11-24(28,29)30)17-18-5-3-8-21(15-18)35-25(31,32)22(26)27/h3-8,15-16,22H,9-14,17H2,1-2H3. The molecule has 0 radical (unpaired) electrons. The molecule has 0 bridgehead atoms. The summed E-state index contributed by atoms with van der Waals surface area (Å²) in [6.07, 6.45) is -12.2. The van der Waals surface area contributed by atoms with Gasteiger partial charge in [0.15, 0.2) is 0 Å². The van der Waals surface area contributed by atoms with Crippen LogP contribution in [0.5, 0.6) is 5.75 Å². The van der Waals surface area contributed by atoms with E-state index in [4.69, 9.17) is 0 Å². The SMILES string of the molecule is CC1(C)CCN(c2cccc(N(CCC(F)(F)F)Cc3cccc(OC(F)(F)C(F)F)c3)c2)CC1. The predicted octanol–water partition coefficient (Wildman–Crippen LogP) is 7.51. The van der Waals surface area contributed by atoms with Gasteiger partial charge in [0.1, 0.15) is 5.75 Å². The van der Waals surface area contributed by atoms with E-state index in [-0.39, 0.29) is 18.5 Å². The van der Waals surface area contributed by atoms with Crippen LogP contribution in [0.1, 0.15) is 38.7 Å². The van der Waals surface area contributed by atoms with Crippen LogP contribution in [-0.2, 0) is 6.54 Å². The lowest BCUT2D eigenvalue weighted by Gasteiger charge is -2.38. The highest BCUT2D eigenvalue weighted by Crippen LogP contribution is 2.34. The Balaban J connectivity index is 1.82. The summed E-state index contributed by atoms with van der Waals surface area (Å²) in [7, 11) is 0. The summed E-state index contributed by atoms with van der Waals surface area (Å²) in [5.41, 5.74) is 2.02. The molecule has 0 N–H and O–H groups in total. The van der Waals surface area contributed by atoms with Crippen LogP contribution in [-0.4, -0.2) is 38.3 Å². The molecule has 35 heavy (non-hydrogen) atoms. The number of ether oxygens (including phenoxy) is 1. The number of halogens is 7. The highest BCUT2D eigenvalue weighted by Gasteiger charge is 2.44. The summed E-state index contributed by atoms with van der Waals surface area (Å²) in [6.45, 7) is 5.65. The summed E-state index contributed by atoms with van der Waals surface area (Å²) in [6, 6.07) is 12.3. The summed E-state index contributed by atoms with van der Waals surface area (Å²) >= 11 is 0. The molecule has 1 aliphatic rings. The van der Waals surface area contributed by atoms with Crippen molar-refractivity contribution in [1.29, 1.82) is 0 Å². The molecule has 3 rings (SSSR count). The van der Waals surface area contributed by atoms with Gasteiger partial charge in [0, 0.05) is 37.6 Å². The first kappa shape index (κ1) is 26.9. The van der Waals surface area contributed by atoms with Crippen LogP contribution in [0.3, 0.4) is 0 Å². The van der Waals surface area contributed by atoms with E-state index in [1.807, 2.05) is 12.1 Å². The van der Waals surface area contributed by atoms with Crippen molar-refractivity contribution < 1.29 is 35.5 Å². The van der Waals surface area contributed by atoms with Gasteiger partial charge in [-0.05, 0) is 54.2 Å². The maximum atomic E-state index is 13.3. The Kier molecular flexibility index (Phi) is 8.11. The Morgan fingerprint density at radius 2 is 1.63 bits per heavy atom. The molecule has 2 aromatic rings. The number of nitrogens with zero attached hydrogens (tertiary/aromatic N) is 2. The quantitative estimate of drug-likeness (QED) is 0.328. The van der Waals surface area contributed by atoms with Gasteiger partial charge in [-0.2, -0.15) is 30.7 Å². The lowest BCUT2D eigenvalue weighted by Crippen LogP contribution is -2.37. The Hall–Kier alpha value is -2.65. The zero-order valence-electron chi connectivity index (χ0n) is 19.6. The summed E-state index contributed by atoms with van der Waals surface area (Å²) in [5, 5.41) is 0. The van der Waals surface area contributed by atoms with E-state index in [2.05, 4.69) is 23.5 Å². The Morgan fingerprint density at radius 3 is 2.26 bits per heavy atom. The minimum atomic E-state index is -4.67. The molecule has 0 unspecified atom stereocenters. The second kappa shape index (κ2) is 10.5. The molecular weight excluding hydrogens is 477 g/mol. The van der Waals surface area contributed by atoms with Gasteiger partial charge in [0.25, 0.3) is 0 Å². The first-order chi connectivity index (χ1) is 16.2. The topological polar surface area (TPSA) is 15.7 Å². The highest BCUT2D eigenvalue weighted by molar-refractivity contribution is 5.60. The molecule has 1 heterocycles. The molecule has 1 saturated heterocycles. The molecule has 2 aromatic carbocycles. The third-order valence-electron chi connectivity index (χ3n) is 6.12. The molecule has 1 fully saturated rings. The molecule has 1 aliphatic heterocycles. The first-order valence-corrected chi connectivity index (χ1v) is 11.3. The van der Waals surface area contributed by atoms with Gasteiger partial charge in [-0.1, -0.05) is 32.0 Å².